The summed E-state index contributed by atoms with van der Waals surface area (Å²) in [7, 11) is 1.43. The van der Waals surface area contributed by atoms with Crippen LogP contribution in [0.15, 0.2) is 48.8 Å². The van der Waals surface area contributed by atoms with Gasteiger partial charge in [-0.25, -0.2) is 9.78 Å². The molecular formula is C31H32F6N4O5. The molecule has 0 bridgehead atoms. The number of hydrogen-bond acceptors (Lipinski definition) is 7. The quantitative estimate of drug-likeness (QED) is 0.180. The molecule has 1 atom stereocenters. The molecule has 0 aliphatic carbocycles. The number of alkyl halides is 6. The molecule has 3 heterocycles. The molecule has 15 heteroatoms. The SMILES string of the molecule is CCCc1cc(C(O)(C(F)(F)F)C(F)(F)F)cc(CCC)c1Oc1ccnc(CN2C(=O)NC(C)(c3ccc(OC)nc3)C2=O)c1. The number of halogens is 6. The highest BCUT2D eigenvalue weighted by molar-refractivity contribution is 6.07. The van der Waals surface area contributed by atoms with Crippen molar-refractivity contribution in [2.75, 3.05) is 7.11 Å². The van der Waals surface area contributed by atoms with Crippen LogP contribution >= 0.6 is 0 Å². The molecule has 1 unspecified atom stereocenters. The van der Waals surface area contributed by atoms with Crippen LogP contribution in [0.3, 0.4) is 0 Å². The molecule has 248 valence electrons. The fraction of sp³-hybridized carbons (Fsp3) is 0.419. The van der Waals surface area contributed by atoms with E-state index in [1.54, 1.807) is 26.0 Å². The molecule has 1 fully saturated rings. The van der Waals surface area contributed by atoms with Crippen LogP contribution in [0.25, 0.3) is 0 Å². The van der Waals surface area contributed by atoms with E-state index in [-0.39, 0.29) is 47.7 Å². The largest absolute Gasteiger partial charge is 0.481 e. The Balaban J connectivity index is 1.67. The van der Waals surface area contributed by atoms with Crippen molar-refractivity contribution in [1.29, 1.82) is 0 Å². The maximum absolute atomic E-state index is 13.7. The van der Waals surface area contributed by atoms with Crippen molar-refractivity contribution in [3.8, 4) is 17.4 Å². The van der Waals surface area contributed by atoms with E-state index in [1.807, 2.05) is 0 Å². The summed E-state index contributed by atoms with van der Waals surface area (Å²) in [5.74, 6) is -0.0999. The molecule has 2 N–H and O–H groups in total. The first-order chi connectivity index (χ1) is 21.5. The van der Waals surface area contributed by atoms with Gasteiger partial charge in [0, 0.05) is 35.7 Å². The minimum absolute atomic E-state index is 0.0340. The van der Waals surface area contributed by atoms with E-state index >= 15 is 0 Å². The summed E-state index contributed by atoms with van der Waals surface area (Å²) >= 11 is 0. The number of pyridine rings is 2. The molecule has 4 rings (SSSR count). The minimum Gasteiger partial charge on any atom is -0.481 e. The van der Waals surface area contributed by atoms with Crippen molar-refractivity contribution >= 4 is 11.9 Å². The second-order valence-electron chi connectivity index (χ2n) is 11.0. The summed E-state index contributed by atoms with van der Waals surface area (Å²) in [6.07, 6.45) is -8.56. The van der Waals surface area contributed by atoms with Gasteiger partial charge in [0.15, 0.2) is 0 Å². The third-order valence-electron chi connectivity index (χ3n) is 7.65. The fourth-order valence-corrected chi connectivity index (χ4v) is 5.21. The van der Waals surface area contributed by atoms with Gasteiger partial charge in [0.2, 0.25) is 5.88 Å². The van der Waals surface area contributed by atoms with Crippen LogP contribution in [0.2, 0.25) is 0 Å². The average molecular weight is 655 g/mol. The molecule has 0 saturated carbocycles. The molecule has 1 saturated heterocycles. The maximum atomic E-state index is 13.7. The molecule has 3 amide bonds. The second-order valence-corrected chi connectivity index (χ2v) is 11.0. The smallest absolute Gasteiger partial charge is 0.430 e. The van der Waals surface area contributed by atoms with Gasteiger partial charge in [0.1, 0.15) is 17.0 Å². The van der Waals surface area contributed by atoms with E-state index < -0.39 is 41.0 Å². The first kappa shape index (κ1) is 34.5. The number of imide groups is 1. The van der Waals surface area contributed by atoms with Gasteiger partial charge in [0.05, 0.1) is 19.3 Å². The Bertz CT molecular complexity index is 1550. The Morgan fingerprint density at radius 1 is 0.935 bits per heavy atom. The Hall–Kier alpha value is -4.40. The molecule has 0 radical (unpaired) electrons. The highest BCUT2D eigenvalue weighted by Crippen LogP contribution is 2.51. The number of rotatable bonds is 11. The van der Waals surface area contributed by atoms with Gasteiger partial charge in [-0.2, -0.15) is 26.3 Å². The zero-order chi connectivity index (χ0) is 34.1. The number of aliphatic hydroxyl groups is 1. The predicted octanol–water partition coefficient (Wildman–Crippen LogP) is 6.46. The average Bonchev–Trinajstić information content (AvgIpc) is 3.21. The number of benzene rings is 1. The summed E-state index contributed by atoms with van der Waals surface area (Å²) in [5.41, 5.74) is -7.17. The zero-order valence-electron chi connectivity index (χ0n) is 25.3. The lowest BCUT2D eigenvalue weighted by molar-refractivity contribution is -0.376. The molecule has 1 aromatic carbocycles. The van der Waals surface area contributed by atoms with Crippen LogP contribution < -0.4 is 14.8 Å². The van der Waals surface area contributed by atoms with Gasteiger partial charge in [0.25, 0.3) is 11.5 Å². The van der Waals surface area contributed by atoms with Crippen LogP contribution in [0, 0.1) is 0 Å². The van der Waals surface area contributed by atoms with E-state index in [2.05, 4.69) is 15.3 Å². The summed E-state index contributed by atoms with van der Waals surface area (Å²) < 4.78 is 93.5. The van der Waals surface area contributed by atoms with Crippen molar-refractivity contribution in [3.05, 3.63) is 76.7 Å². The molecule has 2 aromatic heterocycles. The number of nitrogens with one attached hydrogen (secondary N) is 1. The van der Waals surface area contributed by atoms with E-state index in [0.29, 0.717) is 36.4 Å². The molecular weight excluding hydrogens is 622 g/mol. The number of aromatic nitrogens is 2. The Morgan fingerprint density at radius 2 is 1.54 bits per heavy atom. The van der Waals surface area contributed by atoms with Crippen molar-refractivity contribution < 1.29 is 50.5 Å². The summed E-state index contributed by atoms with van der Waals surface area (Å²) in [4.78, 5) is 35.5. The molecule has 9 nitrogen and oxygen atoms in total. The number of nitrogens with zero attached hydrogens (tertiary/aromatic N) is 3. The van der Waals surface area contributed by atoms with Gasteiger partial charge in [-0.05, 0) is 55.2 Å². The van der Waals surface area contributed by atoms with E-state index in [0.717, 1.165) is 4.90 Å². The van der Waals surface area contributed by atoms with Crippen LogP contribution in [-0.2, 0) is 35.3 Å². The number of urea groups is 1. The number of methoxy groups -OCH3 is 1. The van der Waals surface area contributed by atoms with Gasteiger partial charge < -0.3 is 19.9 Å². The van der Waals surface area contributed by atoms with Crippen LogP contribution in [0.1, 0.15) is 61.6 Å². The van der Waals surface area contributed by atoms with Crippen LogP contribution in [0.4, 0.5) is 31.1 Å². The van der Waals surface area contributed by atoms with Gasteiger partial charge in [-0.15, -0.1) is 0 Å². The standard InChI is InChI=1S/C31H32F6N4O5/c1-5-7-18-13-21(29(44,30(32,33)34)31(35,36)37)14-19(8-6-2)25(18)46-23-11-12-38-22(15-23)17-41-26(42)28(3,40-27(41)43)20-9-10-24(45-4)39-16-20/h9-16,44H,5-8,17H2,1-4H3,(H,40,43). The van der Waals surface area contributed by atoms with Crippen molar-refractivity contribution in [1.82, 2.24) is 20.2 Å². The summed E-state index contributed by atoms with van der Waals surface area (Å²) in [6, 6.07) is 6.62. The van der Waals surface area contributed by atoms with Crippen LogP contribution in [-0.4, -0.2) is 51.4 Å². The van der Waals surface area contributed by atoms with Gasteiger partial charge in [-0.3, -0.25) is 14.7 Å². The predicted molar refractivity (Wildman–Crippen MR) is 152 cm³/mol. The Kier molecular flexibility index (Phi) is 9.57. The topological polar surface area (TPSA) is 114 Å². The van der Waals surface area contributed by atoms with Crippen molar-refractivity contribution in [2.24, 2.45) is 0 Å². The summed E-state index contributed by atoms with van der Waals surface area (Å²) in [6.45, 7) is 4.63. The number of carbonyl (C=O) groups excluding carboxylic acids is 2. The van der Waals surface area contributed by atoms with Crippen molar-refractivity contribution in [3.63, 3.8) is 0 Å². The van der Waals surface area contributed by atoms with Gasteiger partial charge in [-0.1, -0.05) is 26.7 Å². The van der Waals surface area contributed by atoms with E-state index in [4.69, 9.17) is 9.47 Å². The van der Waals surface area contributed by atoms with Gasteiger partial charge >= 0.3 is 18.4 Å². The maximum Gasteiger partial charge on any atom is 0.430 e. The first-order valence-corrected chi connectivity index (χ1v) is 14.3. The second kappa shape index (κ2) is 12.8. The summed E-state index contributed by atoms with van der Waals surface area (Å²) in [5, 5.41) is 12.8. The van der Waals surface area contributed by atoms with Crippen molar-refractivity contribution in [2.45, 2.75) is 76.5 Å². The zero-order valence-corrected chi connectivity index (χ0v) is 25.3. The number of ether oxygens (including phenoxy) is 2. The Labute approximate surface area is 260 Å². The molecule has 1 aliphatic rings. The molecule has 0 spiro atoms. The number of amides is 3. The van der Waals surface area contributed by atoms with Crippen LogP contribution in [0.5, 0.6) is 17.4 Å². The Morgan fingerprint density at radius 3 is 2.04 bits per heavy atom. The normalized spacial score (nSPS) is 17.3. The fourth-order valence-electron chi connectivity index (χ4n) is 5.21. The monoisotopic (exact) mass is 654 g/mol. The van der Waals surface area contributed by atoms with E-state index in [1.165, 1.54) is 38.6 Å². The molecule has 1 aliphatic heterocycles. The first-order valence-electron chi connectivity index (χ1n) is 14.3. The number of hydrogen-bond donors (Lipinski definition) is 2. The lowest BCUT2D eigenvalue weighted by Crippen LogP contribution is -2.54. The number of carbonyl (C=O) groups is 2. The third-order valence-corrected chi connectivity index (χ3v) is 7.65. The highest BCUT2D eigenvalue weighted by Gasteiger charge is 2.71. The molecule has 3 aromatic rings. The molecule has 46 heavy (non-hydrogen) atoms. The number of aryl methyl sites for hydroxylation is 2. The minimum atomic E-state index is -6.04. The highest BCUT2D eigenvalue weighted by atomic mass is 19.4. The lowest BCUT2D eigenvalue weighted by Gasteiger charge is -2.33. The van der Waals surface area contributed by atoms with E-state index in [9.17, 15) is 41.0 Å². The third kappa shape index (κ3) is 6.32. The lowest BCUT2D eigenvalue weighted by atomic mass is 9.87.